The molecule has 0 saturated heterocycles. The zero-order valence-electron chi connectivity index (χ0n) is 19.9. The standard InChI is InChI=1S/C28H22N5O3S/c1-31-23-7-2-3-8-24(23)37-28(31)30-33-26(35)20-6-4-5-19-22(10-9-21(25(19)20)27(33)36)29-17-18-11-13-32(14-12-18)15-16-34/h2-14,17,34H,15-16H2,1H3/q+1/b29-17+,30-28-. The number of hydrogen-bond acceptors (Lipinski definition) is 6. The average Bonchev–Trinajstić information content (AvgIpc) is 3.24. The smallest absolute Gasteiger partial charge is 0.282 e. The quantitative estimate of drug-likeness (QED) is 0.224. The Balaban J connectivity index is 1.40. The Bertz CT molecular complexity index is 1780. The predicted octanol–water partition coefficient (Wildman–Crippen LogP) is 3.54. The minimum absolute atomic E-state index is 0.0729. The molecule has 1 N–H and O–H groups in total. The van der Waals surface area contributed by atoms with Crippen LogP contribution in [0.25, 0.3) is 21.0 Å². The fourth-order valence-electron chi connectivity index (χ4n) is 4.50. The number of rotatable bonds is 5. The van der Waals surface area contributed by atoms with Crippen LogP contribution >= 0.6 is 11.3 Å². The summed E-state index contributed by atoms with van der Waals surface area (Å²) in [5, 5.41) is 15.9. The molecule has 2 amide bonds. The summed E-state index contributed by atoms with van der Waals surface area (Å²) >= 11 is 1.42. The molecule has 1 aliphatic rings. The third-order valence-electron chi connectivity index (χ3n) is 6.39. The van der Waals surface area contributed by atoms with Crippen molar-refractivity contribution in [3.8, 4) is 0 Å². The van der Waals surface area contributed by atoms with Gasteiger partial charge in [0.2, 0.25) is 4.80 Å². The minimum Gasteiger partial charge on any atom is -0.390 e. The molecule has 37 heavy (non-hydrogen) atoms. The predicted molar refractivity (Wildman–Crippen MR) is 142 cm³/mol. The first-order valence-electron chi connectivity index (χ1n) is 11.7. The van der Waals surface area contributed by atoms with Crippen molar-refractivity contribution in [2.24, 2.45) is 17.1 Å². The first kappa shape index (κ1) is 23.0. The maximum atomic E-state index is 13.5. The highest BCUT2D eigenvalue weighted by Gasteiger charge is 2.33. The highest BCUT2D eigenvalue weighted by atomic mass is 32.1. The van der Waals surface area contributed by atoms with Crippen molar-refractivity contribution in [3.05, 3.63) is 101 Å². The number of carbonyl (C=O) groups excluding carboxylic acids is 2. The monoisotopic (exact) mass is 508 g/mol. The van der Waals surface area contributed by atoms with Crippen molar-refractivity contribution >= 4 is 56.0 Å². The molecule has 0 saturated carbocycles. The van der Waals surface area contributed by atoms with E-state index in [1.165, 1.54) is 11.3 Å². The van der Waals surface area contributed by atoms with E-state index in [-0.39, 0.29) is 6.61 Å². The first-order chi connectivity index (χ1) is 18.0. The Labute approximate surface area is 215 Å². The zero-order valence-corrected chi connectivity index (χ0v) is 20.7. The summed E-state index contributed by atoms with van der Waals surface area (Å²) < 4.78 is 4.78. The van der Waals surface area contributed by atoms with Crippen LogP contribution in [0.1, 0.15) is 26.3 Å². The lowest BCUT2D eigenvalue weighted by Gasteiger charge is -2.23. The van der Waals surface area contributed by atoms with Crippen LogP contribution in [0, 0.1) is 0 Å². The van der Waals surface area contributed by atoms with Crippen LogP contribution in [0.15, 0.2) is 89.2 Å². The molecule has 0 radical (unpaired) electrons. The molecule has 0 bridgehead atoms. The molecule has 0 fully saturated rings. The summed E-state index contributed by atoms with van der Waals surface area (Å²) in [6.07, 6.45) is 5.49. The van der Waals surface area contributed by atoms with Crippen LogP contribution in [-0.4, -0.2) is 39.3 Å². The summed E-state index contributed by atoms with van der Waals surface area (Å²) in [6, 6.07) is 20.6. The molecule has 1 aliphatic heterocycles. The molecule has 182 valence electrons. The van der Waals surface area contributed by atoms with E-state index >= 15 is 0 Å². The number of thiazole rings is 1. The second-order valence-electron chi connectivity index (χ2n) is 8.64. The third-order valence-corrected chi connectivity index (χ3v) is 7.49. The van der Waals surface area contributed by atoms with Gasteiger partial charge in [0, 0.05) is 41.7 Å². The maximum absolute atomic E-state index is 13.5. The molecular weight excluding hydrogens is 486 g/mol. The molecule has 3 aromatic carbocycles. The van der Waals surface area contributed by atoms with E-state index in [1.54, 1.807) is 30.5 Å². The topological polar surface area (TPSA) is 91.1 Å². The fourth-order valence-corrected chi connectivity index (χ4v) is 5.51. The lowest BCUT2D eigenvalue weighted by atomic mass is 9.94. The molecule has 0 atom stereocenters. The van der Waals surface area contributed by atoms with E-state index in [0.717, 1.165) is 26.2 Å². The van der Waals surface area contributed by atoms with Gasteiger partial charge in [-0.2, -0.15) is 5.01 Å². The first-order valence-corrected chi connectivity index (χ1v) is 12.5. The molecule has 0 aliphatic carbocycles. The van der Waals surface area contributed by atoms with E-state index < -0.39 is 11.8 Å². The van der Waals surface area contributed by atoms with Gasteiger partial charge < -0.3 is 9.67 Å². The average molecular weight is 509 g/mol. The number of fused-ring (bicyclic) bond motifs is 1. The van der Waals surface area contributed by atoms with Crippen LogP contribution in [0.3, 0.4) is 0 Å². The summed E-state index contributed by atoms with van der Waals surface area (Å²) in [6.45, 7) is 0.599. The highest BCUT2D eigenvalue weighted by Crippen LogP contribution is 2.35. The molecule has 2 aromatic heterocycles. The summed E-state index contributed by atoms with van der Waals surface area (Å²) in [4.78, 5) is 32.1. The van der Waals surface area contributed by atoms with Crippen LogP contribution in [-0.2, 0) is 13.6 Å². The second kappa shape index (κ2) is 9.20. The van der Waals surface area contributed by atoms with Gasteiger partial charge in [-0.1, -0.05) is 35.6 Å². The third kappa shape index (κ3) is 3.94. The second-order valence-corrected chi connectivity index (χ2v) is 9.65. The fraction of sp³-hybridized carbons (Fsp3) is 0.107. The Morgan fingerprint density at radius 2 is 1.70 bits per heavy atom. The molecule has 6 rings (SSSR count). The summed E-state index contributed by atoms with van der Waals surface area (Å²) in [7, 11) is 1.87. The normalized spacial score (nSPS) is 14.0. The van der Waals surface area contributed by atoms with Gasteiger partial charge in [-0.25, -0.2) is 4.57 Å². The van der Waals surface area contributed by atoms with Crippen molar-refractivity contribution < 1.29 is 19.3 Å². The number of para-hydroxylation sites is 1. The van der Waals surface area contributed by atoms with Gasteiger partial charge in [0.1, 0.15) is 6.61 Å². The molecule has 3 heterocycles. The Hall–Kier alpha value is -4.47. The number of benzene rings is 3. The largest absolute Gasteiger partial charge is 0.390 e. The number of aliphatic hydroxyl groups excluding tert-OH is 1. The maximum Gasteiger partial charge on any atom is 0.282 e. The van der Waals surface area contributed by atoms with Crippen LogP contribution < -0.4 is 9.37 Å². The van der Waals surface area contributed by atoms with Crippen LogP contribution in [0.4, 0.5) is 5.69 Å². The van der Waals surface area contributed by atoms with E-state index in [9.17, 15) is 9.59 Å². The number of imide groups is 1. The number of aliphatic imine (C=N–C) groups is 1. The number of carbonyl (C=O) groups is 2. The number of aliphatic hydroxyl groups is 1. The Kier molecular flexibility index (Phi) is 5.71. The van der Waals surface area contributed by atoms with Crippen molar-refractivity contribution in [1.29, 1.82) is 0 Å². The van der Waals surface area contributed by atoms with Gasteiger partial charge in [0.25, 0.3) is 11.8 Å². The van der Waals surface area contributed by atoms with Gasteiger partial charge in [0.15, 0.2) is 18.9 Å². The summed E-state index contributed by atoms with van der Waals surface area (Å²) in [5.41, 5.74) is 3.37. The molecule has 0 unspecified atom stereocenters. The molecule has 5 aromatic rings. The SMILES string of the molecule is Cn1/c(=N/N2C(=O)c3cccc4c(/N=C/c5cc[n+](CCO)cc5)ccc(c34)C2=O)sc2ccccc21. The van der Waals surface area contributed by atoms with E-state index in [0.29, 0.717) is 33.5 Å². The van der Waals surface area contributed by atoms with Gasteiger partial charge in [0.05, 0.1) is 27.0 Å². The Morgan fingerprint density at radius 3 is 2.46 bits per heavy atom. The minimum atomic E-state index is -0.460. The highest BCUT2D eigenvalue weighted by molar-refractivity contribution is 7.16. The zero-order chi connectivity index (χ0) is 25.5. The molecular formula is C28H22N5O3S+. The number of nitrogens with zero attached hydrogens (tertiary/aromatic N) is 5. The molecule has 9 heteroatoms. The number of pyridine rings is 1. The van der Waals surface area contributed by atoms with E-state index in [1.807, 2.05) is 71.0 Å². The van der Waals surface area contributed by atoms with Gasteiger partial charge in [-0.3, -0.25) is 14.6 Å². The van der Waals surface area contributed by atoms with Gasteiger partial charge in [-0.05, 0) is 30.3 Å². The van der Waals surface area contributed by atoms with Crippen LogP contribution in [0.5, 0.6) is 0 Å². The summed E-state index contributed by atoms with van der Waals surface area (Å²) in [5.74, 6) is -0.920. The lowest BCUT2D eigenvalue weighted by Crippen LogP contribution is -2.38. The van der Waals surface area contributed by atoms with Crippen LogP contribution in [0.2, 0.25) is 0 Å². The number of aryl methyl sites for hydroxylation is 1. The van der Waals surface area contributed by atoms with Crippen molar-refractivity contribution in [1.82, 2.24) is 9.58 Å². The Morgan fingerprint density at radius 1 is 0.946 bits per heavy atom. The molecule has 0 spiro atoms. The number of hydrogen-bond donors (Lipinski definition) is 1. The number of aromatic nitrogens is 2. The van der Waals surface area contributed by atoms with Crippen molar-refractivity contribution in [2.45, 2.75) is 6.54 Å². The lowest BCUT2D eigenvalue weighted by molar-refractivity contribution is -0.698. The molecule has 8 nitrogen and oxygen atoms in total. The van der Waals surface area contributed by atoms with Gasteiger partial charge in [-0.15, -0.1) is 5.10 Å². The van der Waals surface area contributed by atoms with E-state index in [4.69, 9.17) is 5.11 Å². The van der Waals surface area contributed by atoms with Crippen molar-refractivity contribution in [3.63, 3.8) is 0 Å². The van der Waals surface area contributed by atoms with Crippen molar-refractivity contribution in [2.75, 3.05) is 6.61 Å². The van der Waals surface area contributed by atoms with Gasteiger partial charge >= 0.3 is 0 Å². The number of amides is 2. The van der Waals surface area contributed by atoms with E-state index in [2.05, 4.69) is 10.1 Å².